The molecule has 0 aromatic heterocycles. The fourth-order valence-corrected chi connectivity index (χ4v) is 2.92. The molecule has 2 N–H and O–H groups in total. The van der Waals surface area contributed by atoms with Crippen LogP contribution in [0.15, 0.2) is 12.4 Å². The number of carbonyl (C=O) groups is 1. The molecule has 0 spiro atoms. The van der Waals surface area contributed by atoms with Gasteiger partial charge in [0, 0.05) is 18.8 Å². The number of nitrogens with one attached hydrogen (secondary N) is 2. The van der Waals surface area contributed by atoms with E-state index in [4.69, 9.17) is 0 Å². The minimum absolute atomic E-state index is 0.0484. The van der Waals surface area contributed by atoms with Crippen molar-refractivity contribution in [2.75, 3.05) is 0 Å². The Morgan fingerprint density at radius 1 is 1.14 bits per heavy atom. The monoisotopic (exact) mass is 309 g/mol. The lowest BCUT2D eigenvalue weighted by atomic mass is 10.1. The Morgan fingerprint density at radius 3 is 2.27 bits per heavy atom. The van der Waals surface area contributed by atoms with E-state index in [1.54, 1.807) is 0 Å². The highest BCUT2D eigenvalue weighted by molar-refractivity contribution is 5.76. The van der Waals surface area contributed by atoms with Crippen LogP contribution in [-0.4, -0.2) is 23.1 Å². The molecule has 0 saturated carbocycles. The molecule has 1 amide bonds. The molecular weight excluding hydrogens is 274 g/mol. The second kappa shape index (κ2) is 11.4. The van der Waals surface area contributed by atoms with E-state index in [0.29, 0.717) is 6.42 Å². The molecule has 0 bridgehead atoms. The number of rotatable bonds is 12. The van der Waals surface area contributed by atoms with Crippen molar-refractivity contribution in [2.24, 2.45) is 0 Å². The third-order valence-corrected chi connectivity index (χ3v) is 4.36. The van der Waals surface area contributed by atoms with Crippen LogP contribution in [0, 0.1) is 0 Å². The van der Waals surface area contributed by atoms with Gasteiger partial charge in [0.25, 0.3) is 0 Å². The SMILES string of the molecule is CCCCCCCCCCCC(=O)NC(C)N1C=CNC1C. The predicted molar refractivity (Wildman–Crippen MR) is 93.0 cm³/mol. The Balaban J connectivity index is 1.96. The first-order valence-electron chi connectivity index (χ1n) is 9.14. The van der Waals surface area contributed by atoms with Crippen molar-refractivity contribution >= 4 is 5.91 Å². The van der Waals surface area contributed by atoms with E-state index in [1.165, 1.54) is 51.4 Å². The van der Waals surface area contributed by atoms with E-state index in [1.807, 2.05) is 19.3 Å². The van der Waals surface area contributed by atoms with Gasteiger partial charge in [0.05, 0.1) is 12.3 Å². The molecule has 0 aromatic carbocycles. The van der Waals surface area contributed by atoms with E-state index in [2.05, 4.69) is 29.4 Å². The quantitative estimate of drug-likeness (QED) is 0.534. The largest absolute Gasteiger partial charge is 0.370 e. The van der Waals surface area contributed by atoms with Crippen LogP contribution in [0.3, 0.4) is 0 Å². The van der Waals surface area contributed by atoms with E-state index in [0.717, 1.165) is 6.42 Å². The maximum atomic E-state index is 11.9. The van der Waals surface area contributed by atoms with Crippen LogP contribution in [0.4, 0.5) is 0 Å². The van der Waals surface area contributed by atoms with Gasteiger partial charge in [0.1, 0.15) is 0 Å². The predicted octanol–water partition coefficient (Wildman–Crippen LogP) is 4.09. The van der Waals surface area contributed by atoms with Crippen molar-refractivity contribution in [3.8, 4) is 0 Å². The number of unbranched alkanes of at least 4 members (excludes halogenated alkanes) is 8. The molecule has 1 aliphatic heterocycles. The van der Waals surface area contributed by atoms with E-state index < -0.39 is 0 Å². The zero-order valence-corrected chi connectivity index (χ0v) is 14.7. The lowest BCUT2D eigenvalue weighted by molar-refractivity contribution is -0.122. The fourth-order valence-electron chi connectivity index (χ4n) is 2.92. The van der Waals surface area contributed by atoms with Gasteiger partial charge in [-0.05, 0) is 20.3 Å². The Kier molecular flexibility index (Phi) is 9.76. The van der Waals surface area contributed by atoms with Gasteiger partial charge in [0.2, 0.25) is 5.91 Å². The molecular formula is C18H35N3O. The van der Waals surface area contributed by atoms with Crippen LogP contribution in [0.5, 0.6) is 0 Å². The molecule has 1 aliphatic rings. The van der Waals surface area contributed by atoms with Crippen molar-refractivity contribution in [1.82, 2.24) is 15.5 Å². The molecule has 4 heteroatoms. The topological polar surface area (TPSA) is 44.4 Å². The van der Waals surface area contributed by atoms with Crippen molar-refractivity contribution in [2.45, 2.75) is 97.3 Å². The first-order valence-corrected chi connectivity index (χ1v) is 9.14. The zero-order valence-electron chi connectivity index (χ0n) is 14.7. The molecule has 4 nitrogen and oxygen atoms in total. The molecule has 1 rings (SSSR count). The Labute approximate surface area is 136 Å². The van der Waals surface area contributed by atoms with E-state index in [9.17, 15) is 4.79 Å². The summed E-state index contributed by atoms with van der Waals surface area (Å²) in [5.74, 6) is 0.169. The number of amides is 1. The lowest BCUT2D eigenvalue weighted by Crippen LogP contribution is -2.48. The number of hydrogen-bond donors (Lipinski definition) is 2. The van der Waals surface area contributed by atoms with Crippen LogP contribution in [0.25, 0.3) is 0 Å². The third-order valence-electron chi connectivity index (χ3n) is 4.36. The summed E-state index contributed by atoms with van der Waals surface area (Å²) in [5.41, 5.74) is 0. The van der Waals surface area contributed by atoms with Crippen LogP contribution in [0.2, 0.25) is 0 Å². The number of nitrogens with zero attached hydrogens (tertiary/aromatic N) is 1. The highest BCUT2D eigenvalue weighted by Crippen LogP contribution is 2.11. The molecule has 0 radical (unpaired) electrons. The van der Waals surface area contributed by atoms with Crippen molar-refractivity contribution in [3.63, 3.8) is 0 Å². The van der Waals surface area contributed by atoms with E-state index in [-0.39, 0.29) is 18.2 Å². The summed E-state index contributed by atoms with van der Waals surface area (Å²) in [6, 6.07) is 0. The highest BCUT2D eigenvalue weighted by Gasteiger charge is 2.20. The average Bonchev–Trinajstić information content (AvgIpc) is 2.91. The summed E-state index contributed by atoms with van der Waals surface area (Å²) >= 11 is 0. The van der Waals surface area contributed by atoms with Crippen molar-refractivity contribution in [3.05, 3.63) is 12.4 Å². The Morgan fingerprint density at radius 2 is 1.73 bits per heavy atom. The normalized spacial score (nSPS) is 18.3. The Bertz CT molecular complexity index is 330. The first kappa shape index (κ1) is 18.9. The maximum absolute atomic E-state index is 11.9. The van der Waals surface area contributed by atoms with Gasteiger partial charge >= 0.3 is 0 Å². The standard InChI is InChI=1S/C18H35N3O/c1-4-5-6-7-8-9-10-11-12-13-18(22)20-17(3)21-15-14-19-16(21)2/h14-17,19H,4-13H2,1-3H3,(H,20,22). The van der Waals surface area contributed by atoms with Crippen LogP contribution in [-0.2, 0) is 4.79 Å². The highest BCUT2D eigenvalue weighted by atomic mass is 16.1. The summed E-state index contributed by atoms with van der Waals surface area (Å²) in [4.78, 5) is 14.1. The average molecular weight is 309 g/mol. The van der Waals surface area contributed by atoms with E-state index >= 15 is 0 Å². The van der Waals surface area contributed by atoms with Gasteiger partial charge in [-0.2, -0.15) is 0 Å². The second-order valence-electron chi connectivity index (χ2n) is 6.43. The van der Waals surface area contributed by atoms with Crippen molar-refractivity contribution < 1.29 is 4.79 Å². The first-order chi connectivity index (χ1) is 10.6. The van der Waals surface area contributed by atoms with Gasteiger partial charge in [0.15, 0.2) is 0 Å². The summed E-state index contributed by atoms with van der Waals surface area (Å²) < 4.78 is 0. The molecule has 0 fully saturated rings. The smallest absolute Gasteiger partial charge is 0.221 e. The Hall–Kier alpha value is -1.19. The molecule has 1 heterocycles. The summed E-state index contributed by atoms with van der Waals surface area (Å²) in [6.45, 7) is 6.37. The summed E-state index contributed by atoms with van der Waals surface area (Å²) in [5, 5.41) is 6.28. The fraction of sp³-hybridized carbons (Fsp3) is 0.833. The molecule has 128 valence electrons. The van der Waals surface area contributed by atoms with Crippen LogP contribution in [0.1, 0.15) is 85.0 Å². The third kappa shape index (κ3) is 7.71. The van der Waals surface area contributed by atoms with Gasteiger partial charge in [-0.15, -0.1) is 0 Å². The number of hydrogen-bond acceptors (Lipinski definition) is 3. The molecule has 2 unspecified atom stereocenters. The molecule has 0 aliphatic carbocycles. The number of carbonyl (C=O) groups excluding carboxylic acids is 1. The van der Waals surface area contributed by atoms with Gasteiger partial charge in [-0.1, -0.05) is 58.3 Å². The lowest BCUT2D eigenvalue weighted by Gasteiger charge is -2.29. The van der Waals surface area contributed by atoms with Gasteiger partial charge in [-0.3, -0.25) is 4.79 Å². The minimum atomic E-state index is 0.0484. The summed E-state index contributed by atoms with van der Waals surface area (Å²) in [6.07, 6.45) is 16.5. The van der Waals surface area contributed by atoms with Crippen molar-refractivity contribution in [1.29, 1.82) is 0 Å². The molecule has 0 aromatic rings. The zero-order chi connectivity index (χ0) is 16.2. The molecule has 22 heavy (non-hydrogen) atoms. The summed E-state index contributed by atoms with van der Waals surface area (Å²) in [7, 11) is 0. The van der Waals surface area contributed by atoms with Gasteiger partial charge < -0.3 is 15.5 Å². The van der Waals surface area contributed by atoms with Crippen LogP contribution >= 0.6 is 0 Å². The minimum Gasteiger partial charge on any atom is -0.370 e. The second-order valence-corrected chi connectivity index (χ2v) is 6.43. The maximum Gasteiger partial charge on any atom is 0.221 e. The van der Waals surface area contributed by atoms with Crippen LogP contribution < -0.4 is 10.6 Å². The van der Waals surface area contributed by atoms with Gasteiger partial charge in [-0.25, -0.2) is 0 Å². The molecule has 0 saturated heterocycles. The molecule has 2 atom stereocenters.